The van der Waals surface area contributed by atoms with Crippen molar-refractivity contribution >= 4 is 11.3 Å². The van der Waals surface area contributed by atoms with Crippen molar-refractivity contribution in [2.24, 2.45) is 10.6 Å². The van der Waals surface area contributed by atoms with E-state index in [0.29, 0.717) is 5.89 Å². The van der Waals surface area contributed by atoms with Crippen LogP contribution in [0.1, 0.15) is 42.7 Å². The van der Waals surface area contributed by atoms with Gasteiger partial charge in [0.15, 0.2) is 0 Å². The molecule has 1 aromatic carbocycles. The molecule has 0 radical (unpaired) electrons. The molecule has 0 aliphatic heterocycles. The molecule has 160 valence electrons. The van der Waals surface area contributed by atoms with Crippen molar-refractivity contribution < 1.29 is 26.5 Å². The minimum Gasteiger partial charge on any atom is -0.760 e. The zero-order valence-electron chi connectivity index (χ0n) is 16.0. The third-order valence-corrected chi connectivity index (χ3v) is 5.02. The Morgan fingerprint density at radius 1 is 1.17 bits per heavy atom. The number of hydrogen-bond donors (Lipinski definition) is 1. The van der Waals surface area contributed by atoms with Crippen molar-refractivity contribution in [3.8, 4) is 11.4 Å². The lowest BCUT2D eigenvalue weighted by Crippen LogP contribution is -2.05. The molecule has 2 heterocycles. The number of rotatable bonds is 3. The summed E-state index contributed by atoms with van der Waals surface area (Å²) >= 11 is -2.36. The van der Waals surface area contributed by atoms with Gasteiger partial charge in [0.1, 0.15) is 0 Å². The van der Waals surface area contributed by atoms with Gasteiger partial charge in [-0.15, -0.1) is 0 Å². The first-order valence-electron chi connectivity index (χ1n) is 8.76. The third kappa shape index (κ3) is 4.74. The number of alkyl halides is 3. The van der Waals surface area contributed by atoms with E-state index >= 15 is 0 Å². The van der Waals surface area contributed by atoms with E-state index < -0.39 is 23.0 Å². The van der Waals surface area contributed by atoms with Crippen LogP contribution in [-0.2, 0) is 17.4 Å². The third-order valence-electron chi connectivity index (χ3n) is 5.02. The van der Waals surface area contributed by atoms with E-state index in [9.17, 15) is 13.2 Å². The molecular weight excluding hydrogens is 421 g/mol. The standard InChI is InChI=1S/C19H16F3N3O.H3NO2S/c1-18(2)14(11-6-4-3-5-7-11)15(18)17-24-16(25-26-17)12-8-13(10-23-9-12)19(20,21)22;1-4(2)3/h3-10,14-15H,1-2H3;1H2,(H,2,3)/p-1/t14-,15+;/m1./s1. The van der Waals surface area contributed by atoms with Crippen LogP contribution in [0.3, 0.4) is 0 Å². The molecule has 1 aliphatic carbocycles. The average molecular weight is 439 g/mol. The second-order valence-corrected chi connectivity index (χ2v) is 7.89. The van der Waals surface area contributed by atoms with E-state index in [1.54, 1.807) is 0 Å². The molecule has 11 heteroatoms. The van der Waals surface area contributed by atoms with Gasteiger partial charge in [-0.05, 0) is 17.0 Å². The largest absolute Gasteiger partial charge is 0.760 e. The first-order chi connectivity index (χ1) is 14.0. The first kappa shape index (κ1) is 22.1. The summed E-state index contributed by atoms with van der Waals surface area (Å²) in [6.07, 6.45) is -2.39. The summed E-state index contributed by atoms with van der Waals surface area (Å²) in [5, 5.41) is 7.90. The molecule has 30 heavy (non-hydrogen) atoms. The minimum absolute atomic E-state index is 0.0323. The molecule has 0 bridgehead atoms. The summed E-state index contributed by atoms with van der Waals surface area (Å²) in [5.74, 6) is 0.825. The maximum atomic E-state index is 12.9. The Labute approximate surface area is 172 Å². The van der Waals surface area contributed by atoms with Gasteiger partial charge in [0.25, 0.3) is 0 Å². The van der Waals surface area contributed by atoms with E-state index in [1.165, 1.54) is 11.8 Å². The van der Waals surface area contributed by atoms with E-state index in [1.807, 2.05) is 18.2 Å². The normalized spacial score (nSPS) is 20.8. The lowest BCUT2D eigenvalue weighted by atomic mass is 10.0. The number of halogens is 3. The molecule has 4 rings (SSSR count). The summed E-state index contributed by atoms with van der Waals surface area (Å²) in [4.78, 5) is 8.00. The van der Waals surface area contributed by atoms with Gasteiger partial charge in [-0.25, -0.2) is 0 Å². The fourth-order valence-electron chi connectivity index (χ4n) is 3.58. The molecule has 0 saturated heterocycles. The number of nitrogens with two attached hydrogens (primary N) is 1. The summed E-state index contributed by atoms with van der Waals surface area (Å²) in [6, 6.07) is 11.0. The Morgan fingerprint density at radius 2 is 1.80 bits per heavy atom. The van der Waals surface area contributed by atoms with Crippen LogP contribution in [0.2, 0.25) is 0 Å². The average Bonchev–Trinajstić information content (AvgIpc) is 3.01. The highest BCUT2D eigenvalue weighted by Crippen LogP contribution is 2.69. The lowest BCUT2D eigenvalue weighted by molar-refractivity contribution is -0.137. The number of nitrogens with zero attached hydrogens (tertiary/aromatic N) is 3. The van der Waals surface area contributed by atoms with Crippen molar-refractivity contribution in [2.75, 3.05) is 0 Å². The molecule has 7 nitrogen and oxygen atoms in total. The highest BCUT2D eigenvalue weighted by atomic mass is 32.2. The quantitative estimate of drug-likeness (QED) is 0.620. The maximum Gasteiger partial charge on any atom is 0.417 e. The van der Waals surface area contributed by atoms with Crippen molar-refractivity contribution in [3.63, 3.8) is 0 Å². The number of hydrogen-bond acceptors (Lipinski definition) is 6. The van der Waals surface area contributed by atoms with Crippen LogP contribution in [0.25, 0.3) is 11.4 Å². The Morgan fingerprint density at radius 3 is 2.40 bits per heavy atom. The fraction of sp³-hybridized carbons (Fsp3) is 0.316. The highest BCUT2D eigenvalue weighted by Gasteiger charge is 2.61. The highest BCUT2D eigenvalue weighted by molar-refractivity contribution is 7.76. The predicted molar refractivity (Wildman–Crippen MR) is 101 cm³/mol. The smallest absolute Gasteiger partial charge is 0.417 e. The molecule has 3 atom stereocenters. The minimum atomic E-state index is -4.47. The van der Waals surface area contributed by atoms with Gasteiger partial charge >= 0.3 is 6.18 Å². The summed E-state index contributed by atoms with van der Waals surface area (Å²) in [5.41, 5.74) is 0.472. The van der Waals surface area contributed by atoms with Crippen LogP contribution in [-0.4, -0.2) is 23.9 Å². The fourth-order valence-corrected chi connectivity index (χ4v) is 3.58. The van der Waals surface area contributed by atoms with Crippen LogP contribution < -0.4 is 5.14 Å². The molecule has 3 aromatic rings. The summed E-state index contributed by atoms with van der Waals surface area (Å²) in [6.45, 7) is 4.23. The number of benzene rings is 1. The van der Waals surface area contributed by atoms with Crippen molar-refractivity contribution in [1.29, 1.82) is 0 Å². The molecule has 1 saturated carbocycles. The van der Waals surface area contributed by atoms with Gasteiger partial charge in [-0.3, -0.25) is 14.3 Å². The molecule has 1 fully saturated rings. The van der Waals surface area contributed by atoms with Gasteiger partial charge in [0.05, 0.1) is 11.5 Å². The molecular formula is C19H18F3N4O3S-. The second kappa shape index (κ2) is 8.25. The topological polar surface area (TPSA) is 118 Å². The van der Waals surface area contributed by atoms with Crippen molar-refractivity contribution in [2.45, 2.75) is 31.9 Å². The SMILES string of the molecule is CC1(C)[C@H](c2ccccc2)[C@H]1c1nc(-c2cncc(C(F)(F)F)c2)no1.NS(=O)[O-]. The van der Waals surface area contributed by atoms with Crippen LogP contribution in [0.4, 0.5) is 13.2 Å². The zero-order valence-corrected chi connectivity index (χ0v) is 16.8. The van der Waals surface area contributed by atoms with Gasteiger partial charge in [0, 0.05) is 35.1 Å². The van der Waals surface area contributed by atoms with E-state index in [4.69, 9.17) is 13.3 Å². The predicted octanol–water partition coefficient (Wildman–Crippen LogP) is 3.80. The van der Waals surface area contributed by atoms with Crippen LogP contribution in [0.15, 0.2) is 53.3 Å². The van der Waals surface area contributed by atoms with Crippen LogP contribution >= 0.6 is 0 Å². The summed E-state index contributed by atoms with van der Waals surface area (Å²) < 4.78 is 61.5. The van der Waals surface area contributed by atoms with E-state index in [2.05, 4.69) is 46.2 Å². The van der Waals surface area contributed by atoms with Crippen molar-refractivity contribution in [1.82, 2.24) is 15.1 Å². The van der Waals surface area contributed by atoms with Gasteiger partial charge in [-0.2, -0.15) is 18.2 Å². The molecule has 0 spiro atoms. The molecule has 1 unspecified atom stereocenters. The van der Waals surface area contributed by atoms with Crippen LogP contribution in [0.5, 0.6) is 0 Å². The monoisotopic (exact) mass is 439 g/mol. The maximum absolute atomic E-state index is 12.9. The molecule has 2 N–H and O–H groups in total. The molecule has 1 aliphatic rings. The first-order valence-corrected chi connectivity index (χ1v) is 9.90. The Hall–Kier alpha value is -2.63. The molecule has 2 aromatic heterocycles. The lowest BCUT2D eigenvalue weighted by Gasteiger charge is -2.05. The second-order valence-electron chi connectivity index (χ2n) is 7.36. The van der Waals surface area contributed by atoms with Gasteiger partial charge in [-0.1, -0.05) is 49.3 Å². The van der Waals surface area contributed by atoms with Gasteiger partial charge < -0.3 is 9.08 Å². The summed E-state index contributed by atoms with van der Waals surface area (Å²) in [7, 11) is 0. The van der Waals surface area contributed by atoms with Gasteiger partial charge in [0.2, 0.25) is 11.7 Å². The van der Waals surface area contributed by atoms with Crippen molar-refractivity contribution in [3.05, 3.63) is 65.8 Å². The van der Waals surface area contributed by atoms with E-state index in [-0.39, 0.29) is 28.6 Å². The molecule has 0 amide bonds. The number of pyridine rings is 1. The zero-order chi connectivity index (χ0) is 22.1. The Bertz CT molecular complexity index is 1040. The Kier molecular flexibility index (Phi) is 6.06. The van der Waals surface area contributed by atoms with Crippen LogP contribution in [0, 0.1) is 5.41 Å². The number of aromatic nitrogens is 3. The van der Waals surface area contributed by atoms with E-state index in [0.717, 1.165) is 12.3 Å². The Balaban J connectivity index is 0.000000589.